The zero-order valence-electron chi connectivity index (χ0n) is 10.8. The molecule has 1 aliphatic heterocycles. The molecular formula is C14H15F2N3O. The number of rotatable bonds is 3. The number of aromatic amines is 1. The van der Waals surface area contributed by atoms with Crippen LogP contribution in [0.4, 0.5) is 8.78 Å². The van der Waals surface area contributed by atoms with Crippen LogP contribution < -0.4 is 0 Å². The summed E-state index contributed by atoms with van der Waals surface area (Å²) in [5, 5.41) is 17.0. The predicted molar refractivity (Wildman–Crippen MR) is 68.9 cm³/mol. The van der Waals surface area contributed by atoms with E-state index in [2.05, 4.69) is 10.2 Å². The molecular weight excluding hydrogens is 264 g/mol. The van der Waals surface area contributed by atoms with Gasteiger partial charge in [-0.3, -0.25) is 10.00 Å². The largest absolute Gasteiger partial charge is 0.387 e. The van der Waals surface area contributed by atoms with E-state index in [1.54, 1.807) is 6.20 Å². The van der Waals surface area contributed by atoms with Gasteiger partial charge >= 0.3 is 0 Å². The highest BCUT2D eigenvalue weighted by Gasteiger charge is 2.22. The van der Waals surface area contributed by atoms with Crippen LogP contribution in [0.2, 0.25) is 0 Å². The monoisotopic (exact) mass is 279 g/mol. The van der Waals surface area contributed by atoms with Gasteiger partial charge in [0.05, 0.1) is 12.3 Å². The van der Waals surface area contributed by atoms with Gasteiger partial charge in [0.2, 0.25) is 0 Å². The summed E-state index contributed by atoms with van der Waals surface area (Å²) in [5.74, 6) is -1.35. The number of benzene rings is 1. The highest BCUT2D eigenvalue weighted by molar-refractivity contribution is 5.22. The maximum Gasteiger partial charge on any atom is 0.131 e. The molecule has 0 bridgehead atoms. The predicted octanol–water partition coefficient (Wildman–Crippen LogP) is 1.78. The van der Waals surface area contributed by atoms with Crippen molar-refractivity contribution in [2.75, 3.05) is 13.1 Å². The highest BCUT2D eigenvalue weighted by Crippen LogP contribution is 2.22. The number of aromatic nitrogens is 2. The van der Waals surface area contributed by atoms with Gasteiger partial charge in [-0.05, 0) is 6.07 Å². The molecule has 0 saturated heterocycles. The van der Waals surface area contributed by atoms with Gasteiger partial charge in [0, 0.05) is 48.9 Å². The molecule has 1 aliphatic rings. The number of halogens is 2. The molecule has 0 fully saturated rings. The first-order valence-corrected chi connectivity index (χ1v) is 6.50. The highest BCUT2D eigenvalue weighted by atomic mass is 19.1. The van der Waals surface area contributed by atoms with E-state index in [1.807, 2.05) is 4.90 Å². The second kappa shape index (κ2) is 5.30. The molecule has 2 N–H and O–H groups in total. The summed E-state index contributed by atoms with van der Waals surface area (Å²) in [5.41, 5.74) is 2.34. The normalized spacial score (nSPS) is 16.9. The van der Waals surface area contributed by atoms with E-state index in [0.29, 0.717) is 13.1 Å². The number of hydrogen-bond acceptors (Lipinski definition) is 3. The van der Waals surface area contributed by atoms with Gasteiger partial charge < -0.3 is 5.11 Å². The van der Waals surface area contributed by atoms with Crippen LogP contribution in [0.3, 0.4) is 0 Å². The lowest BCUT2D eigenvalue weighted by Crippen LogP contribution is -2.33. The van der Waals surface area contributed by atoms with Gasteiger partial charge in [-0.15, -0.1) is 0 Å². The number of β-amino-alcohol motifs (C(OH)–C–C–N with tert-alkyl or cyclic N) is 1. The van der Waals surface area contributed by atoms with E-state index in [9.17, 15) is 13.9 Å². The molecule has 1 atom stereocenters. The number of H-pyrrole nitrogens is 1. The average Bonchev–Trinajstić information content (AvgIpc) is 2.85. The van der Waals surface area contributed by atoms with E-state index < -0.39 is 17.7 Å². The summed E-state index contributed by atoms with van der Waals surface area (Å²) in [6.07, 6.45) is 1.63. The molecule has 0 aliphatic carbocycles. The molecule has 1 aromatic carbocycles. The summed E-state index contributed by atoms with van der Waals surface area (Å²) in [6.45, 7) is 1.76. The van der Waals surface area contributed by atoms with Gasteiger partial charge in [-0.1, -0.05) is 6.07 Å². The molecule has 6 heteroatoms. The third-order valence-electron chi connectivity index (χ3n) is 3.63. The summed E-state index contributed by atoms with van der Waals surface area (Å²) in [7, 11) is 0. The second-order valence-corrected chi connectivity index (χ2v) is 5.04. The first-order chi connectivity index (χ1) is 9.63. The molecule has 0 spiro atoms. The van der Waals surface area contributed by atoms with E-state index in [0.717, 1.165) is 36.4 Å². The lowest BCUT2D eigenvalue weighted by Gasteiger charge is -2.28. The Morgan fingerprint density at radius 2 is 2.25 bits per heavy atom. The summed E-state index contributed by atoms with van der Waals surface area (Å²) >= 11 is 0. The molecule has 4 nitrogen and oxygen atoms in total. The average molecular weight is 279 g/mol. The maximum atomic E-state index is 13.6. The summed E-state index contributed by atoms with van der Waals surface area (Å²) < 4.78 is 26.5. The van der Waals surface area contributed by atoms with Gasteiger partial charge in [0.15, 0.2) is 0 Å². The fourth-order valence-corrected chi connectivity index (χ4v) is 2.55. The SMILES string of the molecule is OC(CN1CCc2[nH]ncc2C1)c1ccc(F)cc1F. The van der Waals surface area contributed by atoms with Crippen LogP contribution in [0.15, 0.2) is 24.4 Å². The Hall–Kier alpha value is -1.79. The quantitative estimate of drug-likeness (QED) is 0.900. The van der Waals surface area contributed by atoms with Crippen LogP contribution in [0.1, 0.15) is 22.9 Å². The number of nitrogens with one attached hydrogen (secondary N) is 1. The lowest BCUT2D eigenvalue weighted by atomic mass is 10.1. The Kier molecular flexibility index (Phi) is 3.50. The second-order valence-electron chi connectivity index (χ2n) is 5.04. The van der Waals surface area contributed by atoms with Crippen molar-refractivity contribution in [3.05, 3.63) is 52.9 Å². The van der Waals surface area contributed by atoms with Crippen molar-refractivity contribution in [3.8, 4) is 0 Å². The third kappa shape index (κ3) is 2.57. The minimum atomic E-state index is -0.968. The van der Waals surface area contributed by atoms with Crippen molar-refractivity contribution in [3.63, 3.8) is 0 Å². The van der Waals surface area contributed by atoms with Crippen LogP contribution in [0, 0.1) is 11.6 Å². The van der Waals surface area contributed by atoms with Crippen molar-refractivity contribution in [1.29, 1.82) is 0 Å². The molecule has 20 heavy (non-hydrogen) atoms. The molecule has 0 radical (unpaired) electrons. The van der Waals surface area contributed by atoms with Crippen LogP contribution >= 0.6 is 0 Å². The van der Waals surface area contributed by atoms with Gasteiger partial charge in [0.1, 0.15) is 11.6 Å². The molecule has 1 aromatic heterocycles. The summed E-state index contributed by atoms with van der Waals surface area (Å²) in [4.78, 5) is 2.03. The molecule has 2 aromatic rings. The Bertz CT molecular complexity index is 614. The van der Waals surface area contributed by atoms with Crippen molar-refractivity contribution in [1.82, 2.24) is 15.1 Å². The van der Waals surface area contributed by atoms with Crippen molar-refractivity contribution in [2.45, 2.75) is 19.1 Å². The van der Waals surface area contributed by atoms with E-state index in [4.69, 9.17) is 0 Å². The van der Waals surface area contributed by atoms with Gasteiger partial charge in [-0.25, -0.2) is 8.78 Å². The van der Waals surface area contributed by atoms with E-state index in [-0.39, 0.29) is 5.56 Å². The Morgan fingerprint density at radius 1 is 1.40 bits per heavy atom. The fourth-order valence-electron chi connectivity index (χ4n) is 2.55. The number of aliphatic hydroxyl groups is 1. The van der Waals surface area contributed by atoms with Crippen LogP contribution in [0.25, 0.3) is 0 Å². The number of hydrogen-bond donors (Lipinski definition) is 2. The lowest BCUT2D eigenvalue weighted by molar-refractivity contribution is 0.103. The maximum absolute atomic E-state index is 13.6. The Balaban J connectivity index is 1.69. The van der Waals surface area contributed by atoms with Crippen LogP contribution in [0.5, 0.6) is 0 Å². The Morgan fingerprint density at radius 3 is 3.05 bits per heavy atom. The van der Waals surface area contributed by atoms with E-state index in [1.165, 1.54) is 6.07 Å². The zero-order chi connectivity index (χ0) is 14.1. The molecule has 1 unspecified atom stereocenters. The number of nitrogens with zero attached hydrogens (tertiary/aromatic N) is 2. The molecule has 3 rings (SSSR count). The molecule has 2 heterocycles. The summed E-state index contributed by atoms with van der Waals surface area (Å²) in [6, 6.07) is 3.25. The smallest absolute Gasteiger partial charge is 0.131 e. The Labute approximate surface area is 115 Å². The van der Waals surface area contributed by atoms with Gasteiger partial charge in [0.25, 0.3) is 0 Å². The minimum absolute atomic E-state index is 0.129. The van der Waals surface area contributed by atoms with Crippen molar-refractivity contribution >= 4 is 0 Å². The zero-order valence-corrected chi connectivity index (χ0v) is 10.8. The van der Waals surface area contributed by atoms with Gasteiger partial charge in [-0.2, -0.15) is 5.10 Å². The number of aliphatic hydroxyl groups excluding tert-OH is 1. The van der Waals surface area contributed by atoms with Crippen molar-refractivity contribution < 1.29 is 13.9 Å². The molecule has 0 saturated carbocycles. The first kappa shape index (κ1) is 13.2. The third-order valence-corrected chi connectivity index (χ3v) is 3.63. The van der Waals surface area contributed by atoms with Crippen LogP contribution in [-0.2, 0) is 13.0 Å². The molecule has 0 amide bonds. The number of fused-ring (bicyclic) bond motifs is 1. The minimum Gasteiger partial charge on any atom is -0.387 e. The topological polar surface area (TPSA) is 52.1 Å². The standard InChI is InChI=1S/C14H15F2N3O/c15-10-1-2-11(12(16)5-10)14(20)8-19-4-3-13-9(7-19)6-17-18-13/h1-2,5-6,14,20H,3-4,7-8H2,(H,17,18). The fraction of sp³-hybridized carbons (Fsp3) is 0.357. The molecule has 106 valence electrons. The first-order valence-electron chi connectivity index (χ1n) is 6.50. The van der Waals surface area contributed by atoms with Crippen molar-refractivity contribution in [2.24, 2.45) is 0 Å². The van der Waals surface area contributed by atoms with E-state index >= 15 is 0 Å². The van der Waals surface area contributed by atoms with Crippen LogP contribution in [-0.4, -0.2) is 33.3 Å².